The van der Waals surface area contributed by atoms with Crippen LogP contribution in [0.5, 0.6) is 0 Å². The molecule has 1 heterocycles. The van der Waals surface area contributed by atoms with Crippen LogP contribution >= 0.6 is 0 Å². The Balaban J connectivity index is 1.96. The Labute approximate surface area is 118 Å². The summed E-state index contributed by atoms with van der Waals surface area (Å²) >= 11 is 0. The third kappa shape index (κ3) is 3.75. The summed E-state index contributed by atoms with van der Waals surface area (Å²) in [5.74, 6) is -1.09. The molecule has 3 nitrogen and oxygen atoms in total. The monoisotopic (exact) mass is 284 g/mol. The van der Waals surface area contributed by atoms with Crippen molar-refractivity contribution >= 4 is 0 Å². The van der Waals surface area contributed by atoms with Gasteiger partial charge in [-0.05, 0) is 58.2 Å². The minimum Gasteiger partial charge on any atom is -0.387 e. The lowest BCUT2D eigenvalue weighted by atomic mass is 10.0. The molecule has 0 aromatic heterocycles. The third-order valence-corrected chi connectivity index (χ3v) is 4.09. The van der Waals surface area contributed by atoms with E-state index in [-0.39, 0.29) is 5.56 Å². The third-order valence-electron chi connectivity index (χ3n) is 4.09. The van der Waals surface area contributed by atoms with Crippen molar-refractivity contribution in [1.82, 2.24) is 9.80 Å². The zero-order valence-corrected chi connectivity index (χ0v) is 12.0. The molecular weight excluding hydrogens is 262 g/mol. The molecular formula is C15H22F2N2O. The summed E-state index contributed by atoms with van der Waals surface area (Å²) < 4.78 is 26.8. The summed E-state index contributed by atoms with van der Waals surface area (Å²) in [6.07, 6.45) is 1.06. The van der Waals surface area contributed by atoms with E-state index in [4.69, 9.17) is 0 Å². The fourth-order valence-electron chi connectivity index (χ4n) is 2.73. The highest BCUT2D eigenvalue weighted by Crippen LogP contribution is 2.22. The Morgan fingerprint density at radius 2 is 2.00 bits per heavy atom. The average molecular weight is 284 g/mol. The van der Waals surface area contributed by atoms with Crippen LogP contribution in [0.2, 0.25) is 0 Å². The van der Waals surface area contributed by atoms with Gasteiger partial charge in [0.05, 0.1) is 6.10 Å². The molecule has 0 bridgehead atoms. The first-order chi connectivity index (χ1) is 9.47. The van der Waals surface area contributed by atoms with Gasteiger partial charge in [0.15, 0.2) is 0 Å². The highest BCUT2D eigenvalue weighted by Gasteiger charge is 2.23. The summed E-state index contributed by atoms with van der Waals surface area (Å²) in [5, 5.41) is 10.1. The second-order valence-electron chi connectivity index (χ2n) is 5.66. The second-order valence-corrected chi connectivity index (χ2v) is 5.66. The number of likely N-dealkylation sites (N-methyl/N-ethyl adjacent to an activating group) is 1. The number of piperidine rings is 1. The van der Waals surface area contributed by atoms with E-state index >= 15 is 0 Å². The topological polar surface area (TPSA) is 26.7 Å². The van der Waals surface area contributed by atoms with Crippen LogP contribution in [0.4, 0.5) is 8.78 Å². The van der Waals surface area contributed by atoms with E-state index in [1.165, 1.54) is 0 Å². The number of hydrogen-bond acceptors (Lipinski definition) is 3. The molecule has 1 saturated heterocycles. The lowest BCUT2D eigenvalue weighted by Gasteiger charge is -2.36. The first-order valence-corrected chi connectivity index (χ1v) is 6.99. The van der Waals surface area contributed by atoms with E-state index in [1.807, 2.05) is 11.9 Å². The molecule has 1 aromatic rings. The maximum Gasteiger partial charge on any atom is 0.129 e. The molecule has 1 fully saturated rings. The minimum absolute atomic E-state index is 0.0322. The number of aliphatic hydroxyl groups excluding tert-OH is 1. The van der Waals surface area contributed by atoms with Crippen LogP contribution in [0.3, 0.4) is 0 Å². The summed E-state index contributed by atoms with van der Waals surface area (Å²) in [4.78, 5) is 4.31. The molecule has 1 aliphatic rings. The average Bonchev–Trinajstić information content (AvgIpc) is 2.42. The van der Waals surface area contributed by atoms with Crippen molar-refractivity contribution in [2.45, 2.75) is 25.0 Å². The fraction of sp³-hybridized carbons (Fsp3) is 0.600. The lowest BCUT2D eigenvalue weighted by molar-refractivity contribution is 0.0768. The molecule has 1 N–H and O–H groups in total. The van der Waals surface area contributed by atoms with Gasteiger partial charge in [0, 0.05) is 18.2 Å². The van der Waals surface area contributed by atoms with Crippen LogP contribution in [-0.2, 0) is 0 Å². The van der Waals surface area contributed by atoms with Gasteiger partial charge in [-0.1, -0.05) is 0 Å². The van der Waals surface area contributed by atoms with Crippen molar-refractivity contribution in [3.63, 3.8) is 0 Å². The van der Waals surface area contributed by atoms with Gasteiger partial charge in [-0.3, -0.25) is 0 Å². The Morgan fingerprint density at radius 1 is 1.35 bits per heavy atom. The van der Waals surface area contributed by atoms with E-state index < -0.39 is 17.7 Å². The van der Waals surface area contributed by atoms with Gasteiger partial charge in [0.25, 0.3) is 0 Å². The number of aliphatic hydroxyl groups is 1. The number of benzene rings is 1. The molecule has 5 heteroatoms. The predicted molar refractivity (Wildman–Crippen MR) is 74.5 cm³/mol. The van der Waals surface area contributed by atoms with Crippen molar-refractivity contribution in [1.29, 1.82) is 0 Å². The van der Waals surface area contributed by atoms with Crippen molar-refractivity contribution in [3.05, 3.63) is 35.4 Å². The van der Waals surface area contributed by atoms with E-state index in [0.29, 0.717) is 12.6 Å². The van der Waals surface area contributed by atoms with E-state index in [9.17, 15) is 13.9 Å². The van der Waals surface area contributed by atoms with Crippen LogP contribution in [0.15, 0.2) is 18.2 Å². The minimum atomic E-state index is -1.00. The fourth-order valence-corrected chi connectivity index (χ4v) is 2.73. The highest BCUT2D eigenvalue weighted by atomic mass is 19.1. The maximum atomic E-state index is 13.6. The zero-order chi connectivity index (χ0) is 14.7. The molecule has 1 atom stereocenters. The zero-order valence-electron chi connectivity index (χ0n) is 12.0. The number of likely N-dealkylation sites (tertiary alicyclic amines) is 1. The van der Waals surface area contributed by atoms with Crippen molar-refractivity contribution in [2.75, 3.05) is 33.7 Å². The number of rotatable bonds is 4. The van der Waals surface area contributed by atoms with Crippen molar-refractivity contribution < 1.29 is 13.9 Å². The Hall–Kier alpha value is -1.04. The van der Waals surface area contributed by atoms with Crippen LogP contribution in [0, 0.1) is 11.6 Å². The molecule has 0 aliphatic carbocycles. The van der Waals surface area contributed by atoms with Gasteiger partial charge in [-0.25, -0.2) is 8.78 Å². The van der Waals surface area contributed by atoms with Crippen molar-refractivity contribution in [2.24, 2.45) is 0 Å². The van der Waals surface area contributed by atoms with Crippen LogP contribution in [0.1, 0.15) is 24.5 Å². The molecule has 112 valence electrons. The Bertz CT molecular complexity index is 447. The van der Waals surface area contributed by atoms with Gasteiger partial charge in [0.1, 0.15) is 11.6 Å². The molecule has 0 radical (unpaired) electrons. The maximum absolute atomic E-state index is 13.6. The van der Waals surface area contributed by atoms with E-state index in [2.05, 4.69) is 11.9 Å². The summed E-state index contributed by atoms with van der Waals surface area (Å²) in [5.41, 5.74) is 0.0322. The normalized spacial score (nSPS) is 19.5. The molecule has 0 spiro atoms. The summed E-state index contributed by atoms with van der Waals surface area (Å²) in [7, 11) is 4.02. The molecule has 0 amide bonds. The SMILES string of the molecule is CN1CCC(N(C)CC(O)c2cc(F)ccc2F)CC1. The van der Waals surface area contributed by atoms with Gasteiger partial charge >= 0.3 is 0 Å². The smallest absolute Gasteiger partial charge is 0.129 e. The Kier molecular flexibility index (Phi) is 5.07. The largest absolute Gasteiger partial charge is 0.387 e. The van der Waals surface area contributed by atoms with Gasteiger partial charge < -0.3 is 14.9 Å². The summed E-state index contributed by atoms with van der Waals surface area (Å²) in [6.45, 7) is 2.37. The van der Waals surface area contributed by atoms with Crippen LogP contribution in [-0.4, -0.2) is 54.7 Å². The second kappa shape index (κ2) is 6.61. The molecule has 2 rings (SSSR count). The highest BCUT2D eigenvalue weighted by molar-refractivity contribution is 5.21. The molecule has 20 heavy (non-hydrogen) atoms. The molecule has 0 saturated carbocycles. The number of halogens is 2. The number of hydrogen-bond donors (Lipinski definition) is 1. The van der Waals surface area contributed by atoms with Crippen LogP contribution < -0.4 is 0 Å². The number of nitrogens with zero attached hydrogens (tertiary/aromatic N) is 2. The molecule has 1 aromatic carbocycles. The summed E-state index contributed by atoms with van der Waals surface area (Å²) in [6, 6.07) is 3.58. The van der Waals surface area contributed by atoms with Crippen molar-refractivity contribution in [3.8, 4) is 0 Å². The van der Waals surface area contributed by atoms with Gasteiger partial charge in [-0.2, -0.15) is 0 Å². The lowest BCUT2D eigenvalue weighted by Crippen LogP contribution is -2.43. The first kappa shape index (κ1) is 15.4. The van der Waals surface area contributed by atoms with E-state index in [1.54, 1.807) is 0 Å². The molecule has 1 aliphatic heterocycles. The van der Waals surface area contributed by atoms with Crippen LogP contribution in [0.25, 0.3) is 0 Å². The quantitative estimate of drug-likeness (QED) is 0.916. The molecule has 1 unspecified atom stereocenters. The predicted octanol–water partition coefficient (Wildman–Crippen LogP) is 2.02. The standard InChI is InChI=1S/C15H22F2N2O/c1-18-7-5-12(6-8-18)19(2)10-15(20)13-9-11(16)3-4-14(13)17/h3-4,9,12,15,20H,5-8,10H2,1-2H3. The van der Waals surface area contributed by atoms with Gasteiger partial charge in [-0.15, -0.1) is 0 Å². The van der Waals surface area contributed by atoms with Gasteiger partial charge in [0.2, 0.25) is 0 Å². The first-order valence-electron chi connectivity index (χ1n) is 6.99. The Morgan fingerprint density at radius 3 is 2.65 bits per heavy atom. The van der Waals surface area contributed by atoms with E-state index in [0.717, 1.165) is 44.1 Å².